The van der Waals surface area contributed by atoms with Gasteiger partial charge in [-0.3, -0.25) is 9.78 Å². The molecule has 0 saturated carbocycles. The van der Waals surface area contributed by atoms with Crippen molar-refractivity contribution in [1.82, 2.24) is 20.0 Å². The van der Waals surface area contributed by atoms with Crippen LogP contribution in [0.25, 0.3) is 11.5 Å². The highest BCUT2D eigenvalue weighted by atomic mass is 19.1. The predicted octanol–water partition coefficient (Wildman–Crippen LogP) is 3.37. The Morgan fingerprint density at radius 3 is 2.93 bits per heavy atom. The maximum absolute atomic E-state index is 13.3. The fraction of sp³-hybridized carbons (Fsp3) is 0.0526. The second-order valence-corrected chi connectivity index (χ2v) is 5.76. The molecule has 0 aliphatic heterocycles. The molecule has 1 aromatic carbocycles. The van der Waals surface area contributed by atoms with E-state index in [-0.39, 0.29) is 11.5 Å². The van der Waals surface area contributed by atoms with E-state index < -0.39 is 5.91 Å². The molecule has 0 atom stereocenters. The Hall–Kier alpha value is -3.81. The summed E-state index contributed by atoms with van der Waals surface area (Å²) in [5.74, 6) is -0.213. The molecule has 0 saturated heterocycles. The number of hydrogen-bond donors (Lipinski definition) is 1. The lowest BCUT2D eigenvalue weighted by Gasteiger charge is -2.06. The van der Waals surface area contributed by atoms with Crippen molar-refractivity contribution in [2.45, 2.75) is 6.54 Å². The third kappa shape index (κ3) is 3.74. The SMILES string of the molecule is O=C(Nc1cccnc1-c1ccco1)c1cn(Cc2cccc(F)c2)nn1. The van der Waals surface area contributed by atoms with Gasteiger partial charge in [0.2, 0.25) is 0 Å². The second-order valence-electron chi connectivity index (χ2n) is 5.76. The van der Waals surface area contributed by atoms with Gasteiger partial charge in [-0.1, -0.05) is 17.3 Å². The third-order valence-electron chi connectivity index (χ3n) is 3.82. The number of carbonyl (C=O) groups is 1. The van der Waals surface area contributed by atoms with Crippen LogP contribution in [-0.2, 0) is 6.54 Å². The highest BCUT2D eigenvalue weighted by Crippen LogP contribution is 2.25. The molecule has 0 spiro atoms. The zero-order chi connectivity index (χ0) is 18.6. The second kappa shape index (κ2) is 7.20. The highest BCUT2D eigenvalue weighted by molar-refractivity contribution is 6.04. The average molecular weight is 363 g/mol. The van der Waals surface area contributed by atoms with Crippen molar-refractivity contribution < 1.29 is 13.6 Å². The minimum absolute atomic E-state index is 0.139. The first kappa shape index (κ1) is 16.6. The van der Waals surface area contributed by atoms with Crippen molar-refractivity contribution in [3.63, 3.8) is 0 Å². The molecule has 8 heteroatoms. The summed E-state index contributed by atoms with van der Waals surface area (Å²) >= 11 is 0. The van der Waals surface area contributed by atoms with Gasteiger partial charge in [0.05, 0.1) is 24.7 Å². The van der Waals surface area contributed by atoms with E-state index in [0.29, 0.717) is 23.7 Å². The molecule has 0 unspecified atom stereocenters. The molecule has 0 aliphatic carbocycles. The Labute approximate surface area is 153 Å². The van der Waals surface area contributed by atoms with Crippen LogP contribution in [-0.4, -0.2) is 25.9 Å². The quantitative estimate of drug-likeness (QED) is 0.587. The number of furan rings is 1. The normalized spacial score (nSPS) is 10.7. The summed E-state index contributed by atoms with van der Waals surface area (Å²) in [6.07, 6.45) is 4.65. The van der Waals surface area contributed by atoms with E-state index in [2.05, 4.69) is 20.6 Å². The Balaban J connectivity index is 1.51. The third-order valence-corrected chi connectivity index (χ3v) is 3.82. The van der Waals surface area contributed by atoms with Gasteiger partial charge in [0.15, 0.2) is 11.5 Å². The fourth-order valence-corrected chi connectivity index (χ4v) is 2.60. The molecule has 3 heterocycles. The van der Waals surface area contributed by atoms with Crippen LogP contribution in [0.15, 0.2) is 71.6 Å². The molecule has 1 amide bonds. The lowest BCUT2D eigenvalue weighted by atomic mass is 10.2. The molecule has 134 valence electrons. The van der Waals surface area contributed by atoms with Gasteiger partial charge in [-0.15, -0.1) is 5.10 Å². The molecule has 1 N–H and O–H groups in total. The van der Waals surface area contributed by atoms with Gasteiger partial charge in [0, 0.05) is 6.20 Å². The first-order valence-corrected chi connectivity index (χ1v) is 8.14. The molecule has 7 nitrogen and oxygen atoms in total. The van der Waals surface area contributed by atoms with Crippen LogP contribution in [0.3, 0.4) is 0 Å². The monoisotopic (exact) mass is 363 g/mol. The molecule has 0 radical (unpaired) electrons. The van der Waals surface area contributed by atoms with Crippen molar-refractivity contribution in [1.29, 1.82) is 0 Å². The molecule has 4 rings (SSSR count). The minimum Gasteiger partial charge on any atom is -0.463 e. The molecule has 27 heavy (non-hydrogen) atoms. The van der Waals surface area contributed by atoms with Gasteiger partial charge < -0.3 is 9.73 Å². The molecular formula is C19H14FN5O2. The van der Waals surface area contributed by atoms with E-state index in [9.17, 15) is 9.18 Å². The topological polar surface area (TPSA) is 85.8 Å². The number of amides is 1. The van der Waals surface area contributed by atoms with Crippen LogP contribution in [0.4, 0.5) is 10.1 Å². The lowest BCUT2D eigenvalue weighted by Crippen LogP contribution is -2.13. The standard InChI is InChI=1S/C19H14FN5O2/c20-14-5-1-4-13(10-14)11-25-12-16(23-24-25)19(26)22-15-6-2-8-21-18(15)17-7-3-9-27-17/h1-10,12H,11H2,(H,22,26). The lowest BCUT2D eigenvalue weighted by molar-refractivity contribution is 0.102. The first-order valence-electron chi connectivity index (χ1n) is 8.14. The predicted molar refractivity (Wildman–Crippen MR) is 95.4 cm³/mol. The van der Waals surface area contributed by atoms with E-state index in [1.807, 2.05) is 0 Å². The largest absolute Gasteiger partial charge is 0.463 e. The van der Waals surface area contributed by atoms with Crippen molar-refractivity contribution in [2.24, 2.45) is 0 Å². The van der Waals surface area contributed by atoms with Crippen molar-refractivity contribution in [3.8, 4) is 11.5 Å². The molecular weight excluding hydrogens is 349 g/mol. The molecule has 3 aromatic heterocycles. The molecule has 0 bridgehead atoms. The number of rotatable bonds is 5. The Bertz CT molecular complexity index is 1080. The van der Waals surface area contributed by atoms with Crippen LogP contribution >= 0.6 is 0 Å². The van der Waals surface area contributed by atoms with Crippen LogP contribution in [0.2, 0.25) is 0 Å². The van der Waals surface area contributed by atoms with Gasteiger partial charge in [0.25, 0.3) is 5.91 Å². The maximum atomic E-state index is 13.3. The average Bonchev–Trinajstić information content (AvgIpc) is 3.34. The van der Waals surface area contributed by atoms with Crippen LogP contribution in [0.1, 0.15) is 16.1 Å². The number of halogens is 1. The van der Waals surface area contributed by atoms with Gasteiger partial charge in [-0.25, -0.2) is 9.07 Å². The summed E-state index contributed by atoms with van der Waals surface area (Å²) in [4.78, 5) is 16.8. The number of anilines is 1. The summed E-state index contributed by atoms with van der Waals surface area (Å²) in [5, 5.41) is 10.6. The van der Waals surface area contributed by atoms with E-state index in [1.165, 1.54) is 29.3 Å². The Morgan fingerprint density at radius 1 is 1.19 bits per heavy atom. The van der Waals surface area contributed by atoms with Crippen LogP contribution in [0, 0.1) is 5.82 Å². The zero-order valence-corrected chi connectivity index (χ0v) is 14.0. The Morgan fingerprint density at radius 2 is 2.11 bits per heavy atom. The van der Waals surface area contributed by atoms with E-state index >= 15 is 0 Å². The Kier molecular flexibility index (Phi) is 4.44. The van der Waals surface area contributed by atoms with Crippen LogP contribution in [0.5, 0.6) is 0 Å². The fourth-order valence-electron chi connectivity index (χ4n) is 2.60. The molecule has 4 aromatic rings. The molecule has 0 aliphatic rings. The summed E-state index contributed by atoms with van der Waals surface area (Å²) < 4.78 is 20.1. The summed E-state index contributed by atoms with van der Waals surface area (Å²) in [7, 11) is 0. The minimum atomic E-state index is -0.429. The summed E-state index contributed by atoms with van der Waals surface area (Å²) in [6.45, 7) is 0.308. The van der Waals surface area contributed by atoms with Crippen LogP contribution < -0.4 is 5.32 Å². The van der Waals surface area contributed by atoms with E-state index in [4.69, 9.17) is 4.42 Å². The van der Waals surface area contributed by atoms with E-state index in [1.54, 1.807) is 42.6 Å². The smallest absolute Gasteiger partial charge is 0.277 e. The number of pyridine rings is 1. The number of hydrogen-bond acceptors (Lipinski definition) is 5. The van der Waals surface area contributed by atoms with Crippen molar-refractivity contribution >= 4 is 11.6 Å². The number of carbonyl (C=O) groups excluding carboxylic acids is 1. The van der Waals surface area contributed by atoms with Gasteiger partial charge in [-0.2, -0.15) is 0 Å². The number of benzene rings is 1. The highest BCUT2D eigenvalue weighted by Gasteiger charge is 2.15. The summed E-state index contributed by atoms with van der Waals surface area (Å²) in [6, 6.07) is 13.1. The summed E-state index contributed by atoms with van der Waals surface area (Å²) in [5.41, 5.74) is 1.88. The molecule has 0 fully saturated rings. The van der Waals surface area contributed by atoms with Gasteiger partial charge >= 0.3 is 0 Å². The number of nitrogens with zero attached hydrogens (tertiary/aromatic N) is 4. The van der Waals surface area contributed by atoms with E-state index in [0.717, 1.165) is 5.56 Å². The van der Waals surface area contributed by atoms with Gasteiger partial charge in [-0.05, 0) is 42.0 Å². The van der Waals surface area contributed by atoms with Crippen molar-refractivity contribution in [2.75, 3.05) is 5.32 Å². The maximum Gasteiger partial charge on any atom is 0.277 e. The number of nitrogens with one attached hydrogen (secondary N) is 1. The van der Waals surface area contributed by atoms with Crippen molar-refractivity contribution in [3.05, 3.63) is 84.3 Å². The number of aromatic nitrogens is 4. The zero-order valence-electron chi connectivity index (χ0n) is 14.0. The first-order chi connectivity index (χ1) is 13.2. The van der Waals surface area contributed by atoms with Gasteiger partial charge in [0.1, 0.15) is 11.5 Å².